The molecule has 34 heavy (non-hydrogen) atoms. The molecule has 1 aliphatic rings. The van der Waals surface area contributed by atoms with E-state index in [0.29, 0.717) is 22.9 Å². The second-order valence-electron chi connectivity index (χ2n) is 8.82. The Balaban J connectivity index is 1.58. The molecule has 3 heterocycles. The molecule has 0 atom stereocenters. The van der Waals surface area contributed by atoms with Crippen LogP contribution < -0.4 is 11.1 Å². The average molecular weight is 467 g/mol. The highest BCUT2D eigenvalue weighted by atomic mass is 19.4. The maximum atomic E-state index is 13.9. The molecule has 176 valence electrons. The largest absolute Gasteiger partial charge is 0.417 e. The van der Waals surface area contributed by atoms with Gasteiger partial charge in [0, 0.05) is 30.0 Å². The van der Waals surface area contributed by atoms with E-state index in [-0.39, 0.29) is 23.3 Å². The summed E-state index contributed by atoms with van der Waals surface area (Å²) in [6, 6.07) is 10.1. The average Bonchev–Trinajstić information content (AvgIpc) is 3.24. The van der Waals surface area contributed by atoms with Gasteiger partial charge in [-0.2, -0.15) is 13.2 Å². The summed E-state index contributed by atoms with van der Waals surface area (Å²) in [4.78, 5) is 13.4. The molecule has 6 nitrogen and oxygen atoms in total. The maximum absolute atomic E-state index is 13.9. The van der Waals surface area contributed by atoms with Crippen LogP contribution in [0.5, 0.6) is 0 Å². The highest BCUT2D eigenvalue weighted by molar-refractivity contribution is 5.73. The first-order valence-corrected chi connectivity index (χ1v) is 11.3. The minimum atomic E-state index is -4.51. The van der Waals surface area contributed by atoms with Gasteiger partial charge in [-0.1, -0.05) is 30.3 Å². The number of halogens is 3. The van der Waals surface area contributed by atoms with E-state index in [1.165, 1.54) is 6.20 Å². The molecular weight excluding hydrogens is 441 g/mol. The van der Waals surface area contributed by atoms with Crippen LogP contribution in [0.15, 0.2) is 55.0 Å². The number of hydrogen-bond donors (Lipinski definition) is 2. The molecule has 0 radical (unpaired) electrons. The number of aryl methyl sites for hydroxylation is 1. The lowest BCUT2D eigenvalue weighted by atomic mass is 9.92. The number of benzene rings is 1. The van der Waals surface area contributed by atoms with Crippen LogP contribution in [-0.2, 0) is 6.18 Å². The molecule has 5 rings (SSSR count). The maximum Gasteiger partial charge on any atom is 0.417 e. The highest BCUT2D eigenvalue weighted by Gasteiger charge is 2.35. The topological polar surface area (TPSA) is 81.1 Å². The van der Waals surface area contributed by atoms with Gasteiger partial charge in [-0.15, -0.1) is 0 Å². The predicted molar refractivity (Wildman–Crippen MR) is 125 cm³/mol. The lowest BCUT2D eigenvalue weighted by molar-refractivity contribution is -0.137. The number of nitrogens with two attached hydrogens (primary N) is 1. The van der Waals surface area contributed by atoms with Gasteiger partial charge in [0.25, 0.3) is 0 Å². The molecule has 1 saturated carbocycles. The number of rotatable bonds is 4. The molecule has 1 aromatic carbocycles. The smallest absolute Gasteiger partial charge is 0.351 e. The molecule has 0 saturated heterocycles. The van der Waals surface area contributed by atoms with Crippen molar-refractivity contribution >= 4 is 11.6 Å². The van der Waals surface area contributed by atoms with Crippen LogP contribution in [0.3, 0.4) is 0 Å². The van der Waals surface area contributed by atoms with Crippen LogP contribution in [0.4, 0.5) is 19.1 Å². The van der Waals surface area contributed by atoms with Gasteiger partial charge in [0.05, 0.1) is 23.1 Å². The summed E-state index contributed by atoms with van der Waals surface area (Å²) >= 11 is 0. The fraction of sp³-hybridized carbons (Fsp3) is 0.320. The Kier molecular flexibility index (Phi) is 5.73. The van der Waals surface area contributed by atoms with Crippen molar-refractivity contribution in [3.05, 3.63) is 66.1 Å². The first kappa shape index (κ1) is 22.3. The molecule has 0 amide bonds. The lowest BCUT2D eigenvalue weighted by Crippen LogP contribution is -2.33. The third-order valence-corrected chi connectivity index (χ3v) is 6.36. The normalized spacial score (nSPS) is 18.9. The third-order valence-electron chi connectivity index (χ3n) is 6.36. The molecule has 0 aliphatic heterocycles. The molecule has 3 N–H and O–H groups in total. The number of fused-ring (bicyclic) bond motifs is 1. The first-order chi connectivity index (χ1) is 16.3. The summed E-state index contributed by atoms with van der Waals surface area (Å²) in [6.07, 6.45) is 4.06. The molecule has 1 aliphatic carbocycles. The van der Waals surface area contributed by atoms with Crippen molar-refractivity contribution in [3.63, 3.8) is 0 Å². The quantitative estimate of drug-likeness (QED) is 0.417. The van der Waals surface area contributed by atoms with E-state index >= 15 is 0 Å². The van der Waals surface area contributed by atoms with Gasteiger partial charge in [0.15, 0.2) is 0 Å². The van der Waals surface area contributed by atoms with Gasteiger partial charge in [0.2, 0.25) is 5.95 Å². The fourth-order valence-electron chi connectivity index (χ4n) is 4.50. The van der Waals surface area contributed by atoms with Gasteiger partial charge in [0.1, 0.15) is 5.65 Å². The number of nitrogens with one attached hydrogen (secondary N) is 1. The summed E-state index contributed by atoms with van der Waals surface area (Å²) in [7, 11) is 0. The van der Waals surface area contributed by atoms with E-state index in [0.717, 1.165) is 37.3 Å². The van der Waals surface area contributed by atoms with Gasteiger partial charge in [-0.25, -0.2) is 15.0 Å². The molecule has 0 bridgehead atoms. The molecule has 0 spiro atoms. The Labute approximate surface area is 195 Å². The summed E-state index contributed by atoms with van der Waals surface area (Å²) < 4.78 is 43.3. The van der Waals surface area contributed by atoms with Crippen LogP contribution in [0, 0.1) is 6.92 Å². The monoisotopic (exact) mass is 466 g/mol. The summed E-state index contributed by atoms with van der Waals surface area (Å²) in [5, 5.41) is 3.39. The van der Waals surface area contributed by atoms with Gasteiger partial charge < -0.3 is 11.1 Å². The molecule has 1 fully saturated rings. The molecule has 9 heteroatoms. The third kappa shape index (κ3) is 4.35. The molecule has 0 unspecified atom stereocenters. The zero-order valence-electron chi connectivity index (χ0n) is 18.7. The summed E-state index contributed by atoms with van der Waals surface area (Å²) in [6.45, 7) is 1.88. The zero-order valence-corrected chi connectivity index (χ0v) is 18.7. The van der Waals surface area contributed by atoms with Crippen LogP contribution in [0.2, 0.25) is 0 Å². The van der Waals surface area contributed by atoms with Crippen molar-refractivity contribution in [1.29, 1.82) is 0 Å². The Morgan fingerprint density at radius 3 is 2.47 bits per heavy atom. The van der Waals surface area contributed by atoms with Crippen molar-refractivity contribution < 1.29 is 13.2 Å². The minimum absolute atomic E-state index is 0.0865. The number of aromatic nitrogens is 4. The van der Waals surface area contributed by atoms with E-state index in [4.69, 9.17) is 10.7 Å². The standard InChI is InChI=1S/C25H25F3N6/c1-15-12-31-24(32-18-9-7-17(29)8-10-18)33-23(15)21-13-30-22-11-20(25(26,27)28)19(14-34(21)22)16-5-3-2-4-6-16/h2-6,11-14,17-18H,7-10,29H2,1H3,(H,31,32,33). The Morgan fingerprint density at radius 2 is 1.76 bits per heavy atom. The van der Waals surface area contributed by atoms with Crippen LogP contribution in [0.1, 0.15) is 36.8 Å². The van der Waals surface area contributed by atoms with Crippen molar-refractivity contribution in [2.45, 2.75) is 50.9 Å². The highest BCUT2D eigenvalue weighted by Crippen LogP contribution is 2.38. The van der Waals surface area contributed by atoms with E-state index in [1.54, 1.807) is 47.1 Å². The Hall–Kier alpha value is -3.46. The molecule has 3 aromatic heterocycles. The lowest BCUT2D eigenvalue weighted by Gasteiger charge is -2.26. The van der Waals surface area contributed by atoms with Crippen LogP contribution in [-0.4, -0.2) is 31.4 Å². The number of nitrogens with zero attached hydrogens (tertiary/aromatic N) is 4. The molecular formula is C25H25F3N6. The number of alkyl halides is 3. The first-order valence-electron chi connectivity index (χ1n) is 11.3. The van der Waals surface area contributed by atoms with E-state index in [1.807, 2.05) is 6.92 Å². The number of anilines is 1. The SMILES string of the molecule is Cc1cnc(NC2CCC(N)CC2)nc1-c1cnc2cc(C(F)(F)F)c(-c3ccccc3)cn12. The summed E-state index contributed by atoms with van der Waals surface area (Å²) in [5.41, 5.74) is 8.09. The predicted octanol–water partition coefficient (Wildman–Crippen LogP) is 5.47. The van der Waals surface area contributed by atoms with E-state index in [2.05, 4.69) is 15.3 Å². The zero-order chi connectivity index (χ0) is 23.9. The van der Waals surface area contributed by atoms with Crippen molar-refractivity contribution in [1.82, 2.24) is 19.4 Å². The Bertz CT molecular complexity index is 1310. The van der Waals surface area contributed by atoms with Crippen molar-refractivity contribution in [2.75, 3.05) is 5.32 Å². The van der Waals surface area contributed by atoms with Gasteiger partial charge in [-0.05, 0) is 49.8 Å². The van der Waals surface area contributed by atoms with E-state index in [9.17, 15) is 13.2 Å². The van der Waals surface area contributed by atoms with Gasteiger partial charge >= 0.3 is 6.18 Å². The van der Waals surface area contributed by atoms with Crippen molar-refractivity contribution in [2.24, 2.45) is 5.73 Å². The second-order valence-corrected chi connectivity index (χ2v) is 8.82. The molecule has 4 aromatic rings. The summed E-state index contributed by atoms with van der Waals surface area (Å²) in [5.74, 6) is 0.492. The van der Waals surface area contributed by atoms with Crippen molar-refractivity contribution in [3.8, 4) is 22.5 Å². The van der Waals surface area contributed by atoms with Gasteiger partial charge in [-0.3, -0.25) is 4.40 Å². The van der Waals surface area contributed by atoms with Crippen LogP contribution >= 0.6 is 0 Å². The second kappa shape index (κ2) is 8.72. The fourth-order valence-corrected chi connectivity index (χ4v) is 4.50. The number of pyridine rings is 1. The minimum Gasteiger partial charge on any atom is -0.351 e. The number of hydrogen-bond acceptors (Lipinski definition) is 5. The number of imidazole rings is 1. The Morgan fingerprint density at radius 1 is 1.03 bits per heavy atom. The van der Waals surface area contributed by atoms with E-state index < -0.39 is 11.7 Å². The van der Waals surface area contributed by atoms with Crippen LogP contribution in [0.25, 0.3) is 28.2 Å².